The molecule has 1 aromatic carbocycles. The lowest BCUT2D eigenvalue weighted by Gasteiger charge is -2.23. The predicted octanol–water partition coefficient (Wildman–Crippen LogP) is 3.33. The van der Waals surface area contributed by atoms with E-state index in [2.05, 4.69) is 32.9 Å². The van der Waals surface area contributed by atoms with Gasteiger partial charge in [0.15, 0.2) is 0 Å². The average molecular weight is 248 g/mol. The van der Waals surface area contributed by atoms with Crippen LogP contribution in [0.2, 0.25) is 0 Å². The summed E-state index contributed by atoms with van der Waals surface area (Å²) in [6, 6.07) is 8.19. The van der Waals surface area contributed by atoms with Crippen LogP contribution in [0.5, 0.6) is 5.75 Å². The lowest BCUT2D eigenvalue weighted by Crippen LogP contribution is -2.25. The van der Waals surface area contributed by atoms with Crippen LogP contribution in [0.3, 0.4) is 0 Å². The van der Waals surface area contributed by atoms with Crippen LogP contribution >= 0.6 is 0 Å². The van der Waals surface area contributed by atoms with Crippen LogP contribution in [0.15, 0.2) is 24.3 Å². The number of nitrogens with one attached hydrogen (secondary N) is 1. The molecule has 1 rings (SSSR count). The van der Waals surface area contributed by atoms with E-state index in [4.69, 9.17) is 15.9 Å². The van der Waals surface area contributed by atoms with Gasteiger partial charge < -0.3 is 10.5 Å². The molecule has 0 bridgehead atoms. The maximum atomic E-state index is 7.30. The van der Waals surface area contributed by atoms with Crippen molar-refractivity contribution in [2.75, 3.05) is 6.61 Å². The number of hydrogen-bond donors (Lipinski definition) is 2. The molecule has 0 saturated carbocycles. The highest BCUT2D eigenvalue weighted by Gasteiger charge is 2.17. The van der Waals surface area contributed by atoms with Gasteiger partial charge in [-0.25, -0.2) is 0 Å². The van der Waals surface area contributed by atoms with Crippen molar-refractivity contribution in [3.05, 3.63) is 29.8 Å². The first-order valence-corrected chi connectivity index (χ1v) is 6.44. The molecule has 0 aliphatic carbocycles. The highest BCUT2D eigenvalue weighted by Crippen LogP contribution is 2.28. The quantitative estimate of drug-likeness (QED) is 0.599. The smallest absolute Gasteiger partial charge is 0.119 e. The van der Waals surface area contributed by atoms with Crippen molar-refractivity contribution in [3.8, 4) is 5.75 Å². The van der Waals surface area contributed by atoms with Gasteiger partial charge in [0.25, 0.3) is 0 Å². The van der Waals surface area contributed by atoms with Gasteiger partial charge in [0.2, 0.25) is 0 Å². The first-order valence-electron chi connectivity index (χ1n) is 6.44. The number of benzene rings is 1. The molecule has 100 valence electrons. The number of hydrogen-bond acceptors (Lipinski definition) is 2. The van der Waals surface area contributed by atoms with Gasteiger partial charge >= 0.3 is 0 Å². The maximum absolute atomic E-state index is 7.30. The van der Waals surface area contributed by atoms with E-state index in [-0.39, 0.29) is 17.2 Å². The Morgan fingerprint density at radius 3 is 2.33 bits per heavy atom. The molecule has 0 fully saturated rings. The topological polar surface area (TPSA) is 59.1 Å². The van der Waals surface area contributed by atoms with Crippen LogP contribution in [0.4, 0.5) is 0 Å². The molecule has 0 spiro atoms. The van der Waals surface area contributed by atoms with Crippen molar-refractivity contribution in [2.45, 2.75) is 39.5 Å². The number of ether oxygens (including phenoxy) is 1. The fourth-order valence-corrected chi connectivity index (χ4v) is 1.52. The van der Waals surface area contributed by atoms with Crippen LogP contribution < -0.4 is 10.5 Å². The Bertz CT molecular complexity index is 395. The number of amidine groups is 1. The van der Waals surface area contributed by atoms with Crippen molar-refractivity contribution < 1.29 is 4.74 Å². The van der Waals surface area contributed by atoms with Gasteiger partial charge in [0.05, 0.1) is 12.4 Å². The molecule has 1 aromatic rings. The summed E-state index contributed by atoms with van der Waals surface area (Å²) in [5.74, 6) is 0.953. The molecule has 0 aliphatic rings. The summed E-state index contributed by atoms with van der Waals surface area (Å²) in [6.07, 6.45) is 1.11. The summed E-state index contributed by atoms with van der Waals surface area (Å²) in [5.41, 5.74) is 6.92. The Labute approximate surface area is 110 Å². The Hall–Kier alpha value is -1.51. The lowest BCUT2D eigenvalue weighted by molar-refractivity contribution is 0.291. The SMILES string of the molecule is CCC(C)(C)c1ccc(OCC(C)C(=N)N)cc1. The van der Waals surface area contributed by atoms with Crippen LogP contribution in [-0.4, -0.2) is 12.4 Å². The first-order chi connectivity index (χ1) is 8.36. The van der Waals surface area contributed by atoms with E-state index in [1.54, 1.807) is 0 Å². The van der Waals surface area contributed by atoms with Crippen molar-refractivity contribution in [1.29, 1.82) is 5.41 Å². The van der Waals surface area contributed by atoms with Crippen molar-refractivity contribution in [2.24, 2.45) is 11.7 Å². The minimum atomic E-state index is -0.0447. The summed E-state index contributed by atoms with van der Waals surface area (Å²) in [5, 5.41) is 7.30. The van der Waals surface area contributed by atoms with Gasteiger partial charge in [-0.2, -0.15) is 0 Å². The van der Waals surface area contributed by atoms with E-state index in [1.165, 1.54) is 5.56 Å². The Kier molecular flexibility index (Phi) is 4.76. The average Bonchev–Trinajstić information content (AvgIpc) is 2.36. The minimum absolute atomic E-state index is 0.0447. The molecule has 3 N–H and O–H groups in total. The molecule has 0 amide bonds. The second-order valence-corrected chi connectivity index (χ2v) is 5.43. The van der Waals surface area contributed by atoms with E-state index in [1.807, 2.05) is 19.1 Å². The molecule has 3 nitrogen and oxygen atoms in total. The zero-order valence-corrected chi connectivity index (χ0v) is 11.8. The standard InChI is InChI=1S/C15H24N2O/c1-5-15(3,4)12-6-8-13(9-7-12)18-10-11(2)14(16)17/h6-9,11H,5,10H2,1-4H3,(H3,16,17). The van der Waals surface area contributed by atoms with Crippen LogP contribution in [0, 0.1) is 11.3 Å². The van der Waals surface area contributed by atoms with Crippen molar-refractivity contribution in [3.63, 3.8) is 0 Å². The van der Waals surface area contributed by atoms with Gasteiger partial charge in [-0.1, -0.05) is 39.8 Å². The van der Waals surface area contributed by atoms with E-state index in [9.17, 15) is 0 Å². The molecule has 1 atom stereocenters. The largest absolute Gasteiger partial charge is 0.493 e. The van der Waals surface area contributed by atoms with Crippen molar-refractivity contribution in [1.82, 2.24) is 0 Å². The predicted molar refractivity (Wildman–Crippen MR) is 76.3 cm³/mol. The molecule has 18 heavy (non-hydrogen) atoms. The van der Waals surface area contributed by atoms with Gasteiger partial charge in [-0.15, -0.1) is 0 Å². The van der Waals surface area contributed by atoms with Crippen molar-refractivity contribution >= 4 is 5.84 Å². The molecule has 0 saturated heterocycles. The molecule has 0 heterocycles. The molecular weight excluding hydrogens is 224 g/mol. The third kappa shape index (κ3) is 3.76. The van der Waals surface area contributed by atoms with Gasteiger partial charge in [0, 0.05) is 5.92 Å². The number of nitrogens with two attached hydrogens (primary N) is 1. The summed E-state index contributed by atoms with van der Waals surface area (Å²) < 4.78 is 5.61. The third-order valence-electron chi connectivity index (χ3n) is 3.55. The fraction of sp³-hybridized carbons (Fsp3) is 0.533. The summed E-state index contributed by atoms with van der Waals surface area (Å²) in [6.45, 7) is 9.00. The molecule has 0 radical (unpaired) electrons. The van der Waals surface area contributed by atoms with E-state index in [0.717, 1.165) is 12.2 Å². The van der Waals surface area contributed by atoms with Gasteiger partial charge in [0.1, 0.15) is 5.75 Å². The molecular formula is C15H24N2O. The van der Waals surface area contributed by atoms with E-state index >= 15 is 0 Å². The number of rotatable bonds is 6. The molecule has 3 heteroatoms. The Balaban J connectivity index is 2.64. The van der Waals surface area contributed by atoms with Crippen LogP contribution in [-0.2, 0) is 5.41 Å². The second kappa shape index (κ2) is 5.89. The zero-order valence-electron chi connectivity index (χ0n) is 11.8. The van der Waals surface area contributed by atoms with E-state index < -0.39 is 0 Å². The normalized spacial score (nSPS) is 13.1. The molecule has 1 unspecified atom stereocenters. The summed E-state index contributed by atoms with van der Waals surface area (Å²) >= 11 is 0. The Morgan fingerprint density at radius 1 is 1.33 bits per heavy atom. The Morgan fingerprint density at radius 2 is 1.89 bits per heavy atom. The monoisotopic (exact) mass is 248 g/mol. The second-order valence-electron chi connectivity index (χ2n) is 5.43. The zero-order chi connectivity index (χ0) is 13.8. The molecule has 0 aliphatic heterocycles. The first kappa shape index (κ1) is 14.6. The summed E-state index contributed by atoms with van der Waals surface area (Å²) in [4.78, 5) is 0. The third-order valence-corrected chi connectivity index (χ3v) is 3.55. The molecule has 0 aromatic heterocycles. The maximum Gasteiger partial charge on any atom is 0.119 e. The van der Waals surface area contributed by atoms with Crippen LogP contribution in [0.1, 0.15) is 39.7 Å². The van der Waals surface area contributed by atoms with Gasteiger partial charge in [-0.05, 0) is 29.5 Å². The summed E-state index contributed by atoms with van der Waals surface area (Å²) in [7, 11) is 0. The van der Waals surface area contributed by atoms with E-state index in [0.29, 0.717) is 6.61 Å². The van der Waals surface area contributed by atoms with Crippen LogP contribution in [0.25, 0.3) is 0 Å². The fourth-order valence-electron chi connectivity index (χ4n) is 1.52. The van der Waals surface area contributed by atoms with Gasteiger partial charge in [-0.3, -0.25) is 5.41 Å². The minimum Gasteiger partial charge on any atom is -0.493 e. The highest BCUT2D eigenvalue weighted by molar-refractivity contribution is 5.79. The highest BCUT2D eigenvalue weighted by atomic mass is 16.5. The lowest BCUT2D eigenvalue weighted by atomic mass is 9.82.